The Morgan fingerprint density at radius 1 is 1.20 bits per heavy atom. The number of rotatable bonds is 6. The predicted octanol–water partition coefficient (Wildman–Crippen LogP) is -0.0658. The molecule has 1 rings (SSSR count). The van der Waals surface area contributed by atoms with E-state index >= 15 is 0 Å². The third-order valence-corrected chi connectivity index (χ3v) is 2.52. The van der Waals surface area contributed by atoms with E-state index in [0.717, 1.165) is 5.56 Å². The molecule has 0 bridgehead atoms. The van der Waals surface area contributed by atoms with Crippen LogP contribution >= 0.6 is 0 Å². The van der Waals surface area contributed by atoms with Crippen molar-refractivity contribution in [3.8, 4) is 5.75 Å². The SMILES string of the molecule is COc1cc(C(=O)NCC(=O)NCC(=O)O)ccc1C. The number of carbonyl (C=O) groups excluding carboxylic acids is 2. The summed E-state index contributed by atoms with van der Waals surface area (Å²) >= 11 is 0. The largest absolute Gasteiger partial charge is 0.496 e. The van der Waals surface area contributed by atoms with E-state index in [1.54, 1.807) is 18.2 Å². The molecule has 1 aromatic rings. The Morgan fingerprint density at radius 3 is 2.50 bits per heavy atom. The van der Waals surface area contributed by atoms with Crippen LogP contribution in [0.25, 0.3) is 0 Å². The van der Waals surface area contributed by atoms with Crippen LogP contribution in [-0.2, 0) is 9.59 Å². The second kappa shape index (κ2) is 7.13. The lowest BCUT2D eigenvalue weighted by molar-refractivity contribution is -0.137. The van der Waals surface area contributed by atoms with Crippen LogP contribution in [0, 0.1) is 6.92 Å². The Kier molecular flexibility index (Phi) is 5.52. The molecule has 20 heavy (non-hydrogen) atoms. The van der Waals surface area contributed by atoms with Crippen LogP contribution < -0.4 is 15.4 Å². The average Bonchev–Trinajstić information content (AvgIpc) is 2.42. The third-order valence-electron chi connectivity index (χ3n) is 2.52. The average molecular weight is 280 g/mol. The molecule has 1 aromatic carbocycles. The smallest absolute Gasteiger partial charge is 0.322 e. The molecule has 0 radical (unpaired) electrons. The van der Waals surface area contributed by atoms with Gasteiger partial charge in [-0.05, 0) is 24.6 Å². The Balaban J connectivity index is 2.54. The van der Waals surface area contributed by atoms with Crippen LogP contribution in [0.1, 0.15) is 15.9 Å². The monoisotopic (exact) mass is 280 g/mol. The van der Waals surface area contributed by atoms with Crippen molar-refractivity contribution in [2.45, 2.75) is 6.92 Å². The van der Waals surface area contributed by atoms with E-state index in [4.69, 9.17) is 9.84 Å². The van der Waals surface area contributed by atoms with Crippen molar-refractivity contribution >= 4 is 17.8 Å². The summed E-state index contributed by atoms with van der Waals surface area (Å²) in [6.07, 6.45) is 0. The molecule has 0 fully saturated rings. The fraction of sp³-hybridized carbons (Fsp3) is 0.308. The van der Waals surface area contributed by atoms with E-state index < -0.39 is 24.3 Å². The maximum absolute atomic E-state index is 11.8. The van der Waals surface area contributed by atoms with Gasteiger partial charge in [-0.15, -0.1) is 0 Å². The van der Waals surface area contributed by atoms with E-state index in [1.807, 2.05) is 6.92 Å². The van der Waals surface area contributed by atoms with Crippen LogP contribution in [0.5, 0.6) is 5.75 Å². The highest BCUT2D eigenvalue weighted by atomic mass is 16.5. The summed E-state index contributed by atoms with van der Waals surface area (Å²) in [7, 11) is 1.50. The van der Waals surface area contributed by atoms with Gasteiger partial charge < -0.3 is 20.5 Å². The molecule has 0 aliphatic carbocycles. The number of aliphatic carboxylic acids is 1. The maximum Gasteiger partial charge on any atom is 0.322 e. The summed E-state index contributed by atoms with van der Waals surface area (Å²) in [5.74, 6) is -1.57. The van der Waals surface area contributed by atoms with Crippen molar-refractivity contribution in [1.82, 2.24) is 10.6 Å². The first-order chi connectivity index (χ1) is 9.43. The summed E-state index contributed by atoms with van der Waals surface area (Å²) < 4.78 is 5.10. The zero-order chi connectivity index (χ0) is 15.1. The van der Waals surface area contributed by atoms with Gasteiger partial charge in [0.1, 0.15) is 12.3 Å². The van der Waals surface area contributed by atoms with Crippen LogP contribution in [0.2, 0.25) is 0 Å². The molecule has 0 aromatic heterocycles. The van der Waals surface area contributed by atoms with Gasteiger partial charge in [0.05, 0.1) is 13.7 Å². The standard InChI is InChI=1S/C13H16N2O5/c1-8-3-4-9(5-10(8)20-2)13(19)15-6-11(16)14-7-12(17)18/h3-5H,6-7H2,1-2H3,(H,14,16)(H,15,19)(H,17,18). The van der Waals surface area contributed by atoms with Crippen molar-refractivity contribution in [3.05, 3.63) is 29.3 Å². The number of ether oxygens (including phenoxy) is 1. The topological polar surface area (TPSA) is 105 Å². The third kappa shape index (κ3) is 4.60. The molecule has 3 N–H and O–H groups in total. The molecule has 0 heterocycles. The van der Waals surface area contributed by atoms with Gasteiger partial charge in [-0.3, -0.25) is 14.4 Å². The number of carboxylic acids is 1. The normalized spacial score (nSPS) is 9.70. The number of carboxylic acid groups (broad SMARTS) is 1. The van der Waals surface area contributed by atoms with Crippen molar-refractivity contribution in [2.24, 2.45) is 0 Å². The first-order valence-corrected chi connectivity index (χ1v) is 5.85. The summed E-state index contributed by atoms with van der Waals surface area (Å²) in [5, 5.41) is 12.9. The van der Waals surface area contributed by atoms with Gasteiger partial charge in [0, 0.05) is 5.56 Å². The van der Waals surface area contributed by atoms with Crippen molar-refractivity contribution in [2.75, 3.05) is 20.2 Å². The first-order valence-electron chi connectivity index (χ1n) is 5.85. The van der Waals surface area contributed by atoms with Gasteiger partial charge in [-0.2, -0.15) is 0 Å². The van der Waals surface area contributed by atoms with E-state index in [-0.39, 0.29) is 6.54 Å². The minimum absolute atomic E-state index is 0.289. The van der Waals surface area contributed by atoms with Crippen LogP contribution in [0.4, 0.5) is 0 Å². The highest BCUT2D eigenvalue weighted by molar-refractivity contribution is 5.97. The van der Waals surface area contributed by atoms with Gasteiger partial charge in [0.15, 0.2) is 0 Å². The Morgan fingerprint density at radius 2 is 1.90 bits per heavy atom. The van der Waals surface area contributed by atoms with Crippen molar-refractivity contribution in [1.29, 1.82) is 0 Å². The van der Waals surface area contributed by atoms with Gasteiger partial charge in [-0.25, -0.2) is 0 Å². The molecular formula is C13H16N2O5. The quantitative estimate of drug-likeness (QED) is 0.677. The number of nitrogens with one attached hydrogen (secondary N) is 2. The molecule has 0 spiro atoms. The lowest BCUT2D eigenvalue weighted by atomic mass is 10.1. The minimum Gasteiger partial charge on any atom is -0.496 e. The molecule has 2 amide bonds. The summed E-state index contributed by atoms with van der Waals surface area (Å²) in [4.78, 5) is 33.3. The van der Waals surface area contributed by atoms with Crippen LogP contribution in [0.3, 0.4) is 0 Å². The summed E-state index contributed by atoms with van der Waals surface area (Å²) in [6.45, 7) is 1.08. The second-order valence-corrected chi connectivity index (χ2v) is 4.04. The van der Waals surface area contributed by atoms with E-state index in [9.17, 15) is 14.4 Å². The van der Waals surface area contributed by atoms with Gasteiger partial charge in [0.25, 0.3) is 5.91 Å². The second-order valence-electron chi connectivity index (χ2n) is 4.04. The Hall–Kier alpha value is -2.57. The first kappa shape index (κ1) is 15.5. The number of amides is 2. The van der Waals surface area contributed by atoms with Gasteiger partial charge >= 0.3 is 5.97 Å². The van der Waals surface area contributed by atoms with E-state index in [0.29, 0.717) is 11.3 Å². The van der Waals surface area contributed by atoms with E-state index in [2.05, 4.69) is 10.6 Å². The molecule has 7 heteroatoms. The fourth-order valence-electron chi connectivity index (χ4n) is 1.46. The summed E-state index contributed by atoms with van der Waals surface area (Å²) in [6, 6.07) is 4.92. The number of carbonyl (C=O) groups is 3. The number of benzene rings is 1. The lowest BCUT2D eigenvalue weighted by Crippen LogP contribution is -2.39. The minimum atomic E-state index is -1.15. The summed E-state index contributed by atoms with van der Waals surface area (Å²) in [5.41, 5.74) is 1.25. The molecule has 0 saturated carbocycles. The zero-order valence-corrected chi connectivity index (χ0v) is 11.2. The van der Waals surface area contributed by atoms with Gasteiger partial charge in [-0.1, -0.05) is 6.07 Å². The molecule has 0 atom stereocenters. The number of hydrogen-bond acceptors (Lipinski definition) is 4. The molecule has 108 valence electrons. The number of aryl methyl sites for hydroxylation is 1. The van der Waals surface area contributed by atoms with Crippen molar-refractivity contribution < 1.29 is 24.2 Å². The maximum atomic E-state index is 11.8. The van der Waals surface area contributed by atoms with Crippen LogP contribution in [0.15, 0.2) is 18.2 Å². The Labute approximate surface area is 115 Å². The highest BCUT2D eigenvalue weighted by Crippen LogP contribution is 2.18. The van der Waals surface area contributed by atoms with E-state index in [1.165, 1.54) is 7.11 Å². The molecule has 0 aliphatic rings. The highest BCUT2D eigenvalue weighted by Gasteiger charge is 2.10. The lowest BCUT2D eigenvalue weighted by Gasteiger charge is -2.08. The van der Waals surface area contributed by atoms with Crippen LogP contribution in [-0.4, -0.2) is 43.1 Å². The molecule has 0 saturated heterocycles. The predicted molar refractivity (Wildman–Crippen MR) is 70.7 cm³/mol. The van der Waals surface area contributed by atoms with Gasteiger partial charge in [0.2, 0.25) is 5.91 Å². The Bertz CT molecular complexity index is 527. The molecule has 7 nitrogen and oxygen atoms in total. The molecule has 0 unspecified atom stereocenters. The van der Waals surface area contributed by atoms with Crippen molar-refractivity contribution in [3.63, 3.8) is 0 Å². The number of hydrogen-bond donors (Lipinski definition) is 3. The molecular weight excluding hydrogens is 264 g/mol. The number of methoxy groups -OCH3 is 1. The fourth-order valence-corrected chi connectivity index (χ4v) is 1.46. The molecule has 0 aliphatic heterocycles. The zero-order valence-electron chi connectivity index (χ0n) is 11.2.